The first kappa shape index (κ1) is 65.9. The molecule has 0 rings (SSSR count). The Balaban J connectivity index is 5.47. The van der Waals surface area contributed by atoms with Crippen molar-refractivity contribution in [3.63, 3.8) is 0 Å². The van der Waals surface area contributed by atoms with Gasteiger partial charge in [-0.2, -0.15) is 0 Å². The highest BCUT2D eigenvalue weighted by molar-refractivity contribution is 7.47. The molecular formula is C59H104N2O7P+. The Hall–Kier alpha value is -3.07. The number of allylic oxidation sites excluding steroid dienone is 15. The Morgan fingerprint density at radius 2 is 1.00 bits per heavy atom. The second-order valence-electron chi connectivity index (χ2n) is 19.4. The van der Waals surface area contributed by atoms with E-state index in [4.69, 9.17) is 13.8 Å². The number of esters is 1. The van der Waals surface area contributed by atoms with Crippen LogP contribution in [0.15, 0.2) is 97.2 Å². The summed E-state index contributed by atoms with van der Waals surface area (Å²) in [6.07, 6.45) is 64.0. The Kier molecular flexibility index (Phi) is 46.4. The fraction of sp³-hybridized carbons (Fsp3) is 0.695. The molecule has 0 heterocycles. The van der Waals surface area contributed by atoms with E-state index < -0.39 is 20.0 Å². The number of quaternary nitrogens is 1. The average molecular weight is 984 g/mol. The number of ether oxygens (including phenoxy) is 1. The Morgan fingerprint density at radius 3 is 1.57 bits per heavy atom. The van der Waals surface area contributed by atoms with Gasteiger partial charge in [0.2, 0.25) is 5.91 Å². The van der Waals surface area contributed by atoms with Gasteiger partial charge in [-0.15, -0.1) is 0 Å². The van der Waals surface area contributed by atoms with Crippen molar-refractivity contribution in [2.45, 2.75) is 226 Å². The molecule has 2 N–H and O–H groups in total. The number of hydrogen-bond acceptors (Lipinski definition) is 6. The molecule has 0 aromatic heterocycles. The first-order chi connectivity index (χ1) is 33.4. The van der Waals surface area contributed by atoms with Gasteiger partial charge in [-0.1, -0.05) is 208 Å². The van der Waals surface area contributed by atoms with E-state index in [2.05, 4.69) is 111 Å². The summed E-state index contributed by atoms with van der Waals surface area (Å²) in [7, 11) is 1.45. The summed E-state index contributed by atoms with van der Waals surface area (Å²) < 4.78 is 30.5. The molecule has 3 atom stereocenters. The molecule has 0 bridgehead atoms. The number of phosphoric acid groups is 1. The lowest BCUT2D eigenvalue weighted by atomic mass is 10.0. The second-order valence-corrected chi connectivity index (χ2v) is 20.9. The summed E-state index contributed by atoms with van der Waals surface area (Å²) in [6.45, 7) is 6.71. The molecule has 0 aliphatic heterocycles. The number of likely N-dealkylation sites (N-methyl/N-ethyl adjacent to an activating group) is 1. The average Bonchev–Trinajstić information content (AvgIpc) is 3.31. The van der Waals surface area contributed by atoms with E-state index in [1.807, 2.05) is 33.3 Å². The van der Waals surface area contributed by atoms with E-state index in [-0.39, 0.29) is 37.9 Å². The van der Waals surface area contributed by atoms with Crippen LogP contribution in [0.5, 0.6) is 0 Å². The number of rotatable bonds is 48. The van der Waals surface area contributed by atoms with E-state index in [0.29, 0.717) is 17.4 Å². The number of carbonyl (C=O) groups excluding carboxylic acids is 2. The van der Waals surface area contributed by atoms with Crippen LogP contribution < -0.4 is 5.32 Å². The Morgan fingerprint density at radius 1 is 0.536 bits per heavy atom. The molecule has 0 saturated carbocycles. The molecule has 0 aromatic rings. The third-order valence-corrected chi connectivity index (χ3v) is 12.6. The minimum atomic E-state index is -4.46. The largest absolute Gasteiger partial charge is 0.472 e. The van der Waals surface area contributed by atoms with Crippen molar-refractivity contribution in [2.75, 3.05) is 40.9 Å². The zero-order chi connectivity index (χ0) is 50.8. The molecule has 69 heavy (non-hydrogen) atoms. The van der Waals surface area contributed by atoms with E-state index >= 15 is 0 Å². The summed E-state index contributed by atoms with van der Waals surface area (Å²) >= 11 is 0. The number of phosphoric ester groups is 1. The number of nitrogens with one attached hydrogen (secondary N) is 1. The van der Waals surface area contributed by atoms with E-state index in [9.17, 15) is 19.0 Å². The summed E-state index contributed by atoms with van der Waals surface area (Å²) in [6, 6.07) is -0.874. The minimum Gasteiger partial charge on any atom is -0.456 e. The Labute approximate surface area is 424 Å². The maximum atomic E-state index is 13.5. The van der Waals surface area contributed by atoms with Crippen molar-refractivity contribution in [3.05, 3.63) is 97.2 Å². The molecule has 0 radical (unpaired) electrons. The second kappa shape index (κ2) is 48.6. The third-order valence-electron chi connectivity index (χ3n) is 11.6. The van der Waals surface area contributed by atoms with Crippen LogP contribution in [0.4, 0.5) is 0 Å². The summed E-state index contributed by atoms with van der Waals surface area (Å²) in [5.41, 5.74) is 0. The van der Waals surface area contributed by atoms with Crippen LogP contribution in [0.3, 0.4) is 0 Å². The van der Waals surface area contributed by atoms with Crippen molar-refractivity contribution in [1.29, 1.82) is 0 Å². The molecule has 3 unspecified atom stereocenters. The molecule has 396 valence electrons. The van der Waals surface area contributed by atoms with Gasteiger partial charge in [0.15, 0.2) is 0 Å². The highest BCUT2D eigenvalue weighted by Crippen LogP contribution is 2.43. The molecule has 0 spiro atoms. The molecular weight excluding hydrogens is 880 g/mol. The molecule has 0 fully saturated rings. The van der Waals surface area contributed by atoms with Crippen LogP contribution >= 0.6 is 7.82 Å². The number of unbranched alkanes of at least 4 members (excludes halogenated alkanes) is 20. The van der Waals surface area contributed by atoms with Gasteiger partial charge in [-0.3, -0.25) is 18.6 Å². The van der Waals surface area contributed by atoms with Gasteiger partial charge >= 0.3 is 13.8 Å². The van der Waals surface area contributed by atoms with Crippen molar-refractivity contribution in [3.8, 4) is 0 Å². The topological polar surface area (TPSA) is 111 Å². The van der Waals surface area contributed by atoms with Crippen LogP contribution in [0.25, 0.3) is 0 Å². The standard InChI is InChI=1S/C59H103N2O7P/c1-7-10-13-16-19-22-25-28-30-32-33-36-39-42-45-48-51-58(62)60-56(55-67-69(64,65)66-54-53-61(4,5)6)57(50-47-44-41-38-35-27-24-21-18-15-12-9-3)68-59(63)52-49-46-43-40-37-34-31-29-26-23-20-17-14-11-8-2/h10-11,13-14,17,19-20,22-23,26,28,30,33,36,47,50,56-57H,7-9,12,15-16,18,21,24-25,27,29,31-32,34-35,37-46,48-49,51-55H2,1-6H3,(H-,60,62,64,65)/p+1/b13-10+,14-11+,20-17+,22-19+,26-23+,30-28+,36-33+,50-47+. The van der Waals surface area contributed by atoms with E-state index in [0.717, 1.165) is 103 Å². The quantitative estimate of drug-likeness (QED) is 0.0156. The zero-order valence-corrected chi connectivity index (χ0v) is 45.9. The van der Waals surface area contributed by atoms with Crippen LogP contribution in [0.1, 0.15) is 213 Å². The van der Waals surface area contributed by atoms with E-state index in [1.165, 1.54) is 70.6 Å². The number of nitrogens with zero attached hydrogens (tertiary/aromatic N) is 1. The molecule has 1 amide bonds. The lowest BCUT2D eigenvalue weighted by Gasteiger charge is -2.27. The highest BCUT2D eigenvalue weighted by atomic mass is 31.2. The van der Waals surface area contributed by atoms with Crippen LogP contribution in [-0.2, 0) is 27.9 Å². The predicted molar refractivity (Wildman–Crippen MR) is 295 cm³/mol. The molecule has 0 aliphatic rings. The summed E-state index contributed by atoms with van der Waals surface area (Å²) in [5, 5.41) is 3.02. The smallest absolute Gasteiger partial charge is 0.456 e. The van der Waals surface area contributed by atoms with Gasteiger partial charge in [-0.25, -0.2) is 4.57 Å². The van der Waals surface area contributed by atoms with Crippen LogP contribution in [0.2, 0.25) is 0 Å². The minimum absolute atomic E-state index is 0.0268. The normalized spacial score (nSPS) is 14.6. The number of hydrogen-bond donors (Lipinski definition) is 2. The SMILES string of the molecule is CC/C=C/C=C/C=C/CCCCCCCCCC(=O)OC(/C=C/CCCCCCCCCCCC)C(COP(=O)(O)OCC[N+](C)(C)C)NC(=O)CCCCC/C=C/C/C=C/C/C=C/C/C=C/CC. The first-order valence-corrected chi connectivity index (χ1v) is 29.1. The highest BCUT2D eigenvalue weighted by Gasteiger charge is 2.30. The number of amides is 1. The first-order valence-electron chi connectivity index (χ1n) is 27.6. The Bertz CT molecular complexity index is 1510. The lowest BCUT2D eigenvalue weighted by molar-refractivity contribution is -0.870. The number of carbonyl (C=O) groups is 2. The molecule has 10 heteroatoms. The fourth-order valence-corrected chi connectivity index (χ4v) is 8.08. The maximum Gasteiger partial charge on any atom is 0.472 e. The van der Waals surface area contributed by atoms with Gasteiger partial charge in [0.05, 0.1) is 33.8 Å². The molecule has 0 saturated heterocycles. The van der Waals surface area contributed by atoms with Crippen molar-refractivity contribution in [2.24, 2.45) is 0 Å². The lowest BCUT2D eigenvalue weighted by Crippen LogP contribution is -2.47. The monoisotopic (exact) mass is 984 g/mol. The predicted octanol–water partition coefficient (Wildman–Crippen LogP) is 16.4. The third kappa shape index (κ3) is 49.7. The molecule has 0 aromatic carbocycles. The van der Waals surface area contributed by atoms with Gasteiger partial charge in [-0.05, 0) is 89.5 Å². The van der Waals surface area contributed by atoms with Crippen molar-refractivity contribution in [1.82, 2.24) is 5.32 Å². The van der Waals surface area contributed by atoms with Crippen LogP contribution in [-0.4, -0.2) is 74.3 Å². The molecule has 9 nitrogen and oxygen atoms in total. The van der Waals surface area contributed by atoms with Crippen LogP contribution in [0, 0.1) is 0 Å². The fourth-order valence-electron chi connectivity index (χ4n) is 7.34. The zero-order valence-electron chi connectivity index (χ0n) is 45.0. The van der Waals surface area contributed by atoms with Crippen molar-refractivity contribution < 1.29 is 37.3 Å². The molecule has 0 aliphatic carbocycles. The van der Waals surface area contributed by atoms with Crippen molar-refractivity contribution >= 4 is 19.7 Å². The maximum absolute atomic E-state index is 13.5. The van der Waals surface area contributed by atoms with Gasteiger partial charge in [0.25, 0.3) is 0 Å². The summed E-state index contributed by atoms with van der Waals surface area (Å²) in [4.78, 5) is 37.5. The summed E-state index contributed by atoms with van der Waals surface area (Å²) in [5.74, 6) is -0.564. The van der Waals surface area contributed by atoms with Gasteiger partial charge < -0.3 is 19.4 Å². The van der Waals surface area contributed by atoms with E-state index in [1.54, 1.807) is 0 Å². The van der Waals surface area contributed by atoms with Gasteiger partial charge in [0.1, 0.15) is 19.3 Å². The van der Waals surface area contributed by atoms with Gasteiger partial charge in [0, 0.05) is 12.8 Å².